The van der Waals surface area contributed by atoms with Crippen LogP contribution in [0.3, 0.4) is 0 Å². The van der Waals surface area contributed by atoms with E-state index in [-0.39, 0.29) is 24.5 Å². The van der Waals surface area contributed by atoms with E-state index in [0.29, 0.717) is 24.0 Å². The molecule has 1 aliphatic heterocycles. The van der Waals surface area contributed by atoms with Gasteiger partial charge in [-0.2, -0.15) is 0 Å². The predicted molar refractivity (Wildman–Crippen MR) is 138 cm³/mol. The second-order valence-corrected chi connectivity index (χ2v) is 10.5. The largest absolute Gasteiger partial charge is 0.395 e. The van der Waals surface area contributed by atoms with Gasteiger partial charge in [0.15, 0.2) is 0 Å². The average molecular weight is 473 g/mol. The lowest BCUT2D eigenvalue weighted by Gasteiger charge is -2.31. The highest BCUT2D eigenvalue weighted by molar-refractivity contribution is 8.26. The highest BCUT2D eigenvalue weighted by atomic mass is 32.2. The summed E-state index contributed by atoms with van der Waals surface area (Å²) < 4.78 is 0.644. The maximum absolute atomic E-state index is 12.8. The molecule has 0 spiro atoms. The number of likely N-dealkylation sites (N-methyl/N-ethyl adjacent to an activating group) is 1. The monoisotopic (exact) mass is 472 g/mol. The van der Waals surface area contributed by atoms with Gasteiger partial charge >= 0.3 is 0 Å². The van der Waals surface area contributed by atoms with Gasteiger partial charge in [-0.25, -0.2) is 0 Å². The van der Waals surface area contributed by atoms with Crippen LogP contribution in [0, 0.1) is 5.41 Å². The van der Waals surface area contributed by atoms with Gasteiger partial charge in [0.05, 0.1) is 18.1 Å². The van der Waals surface area contributed by atoms with E-state index in [4.69, 9.17) is 12.2 Å². The van der Waals surface area contributed by atoms with Crippen LogP contribution in [0.5, 0.6) is 0 Å². The van der Waals surface area contributed by atoms with Crippen LogP contribution >= 0.6 is 24.0 Å². The molecular weight excluding hydrogens is 440 g/mol. The van der Waals surface area contributed by atoms with Crippen molar-refractivity contribution in [2.45, 2.75) is 33.6 Å². The summed E-state index contributed by atoms with van der Waals surface area (Å²) in [6.45, 7) is 8.10. The van der Waals surface area contributed by atoms with Gasteiger partial charge < -0.3 is 15.1 Å². The molecule has 0 radical (unpaired) electrons. The zero-order chi connectivity index (χ0) is 23.3. The molecular formula is C25H32N2O3S2. The standard InChI is InChI=1S/C25H32N2O3S2/c1-4-27-23(30)22(32-24(27)31)20-15-19(16-25(2,3)17-20)6-5-18-7-9-21(10-8-18)26(11-13-28)12-14-29/h5-10,15,28-29H,4,11-14,16-17H2,1-3H3/b6-5+,22-20-. The molecule has 1 aromatic carbocycles. The number of carbonyl (C=O) groups is 1. The van der Waals surface area contributed by atoms with Crippen LogP contribution in [0.4, 0.5) is 5.69 Å². The lowest BCUT2D eigenvalue weighted by Crippen LogP contribution is -2.29. The van der Waals surface area contributed by atoms with Crippen LogP contribution in [-0.2, 0) is 4.79 Å². The van der Waals surface area contributed by atoms with Crippen molar-refractivity contribution in [2.75, 3.05) is 37.7 Å². The number of rotatable bonds is 8. The van der Waals surface area contributed by atoms with Crippen molar-refractivity contribution in [2.24, 2.45) is 5.41 Å². The van der Waals surface area contributed by atoms with Gasteiger partial charge in [0.1, 0.15) is 4.32 Å². The molecule has 2 aliphatic rings. The molecule has 1 saturated heterocycles. The molecule has 1 aliphatic carbocycles. The number of aliphatic hydroxyl groups is 2. The number of benzene rings is 1. The average Bonchev–Trinajstić information content (AvgIpc) is 3.04. The molecule has 0 aromatic heterocycles. The summed E-state index contributed by atoms with van der Waals surface area (Å²) in [6, 6.07) is 8.09. The molecule has 0 saturated carbocycles. The Morgan fingerprint density at radius 2 is 1.78 bits per heavy atom. The van der Waals surface area contributed by atoms with Crippen LogP contribution in [0.25, 0.3) is 6.08 Å². The minimum Gasteiger partial charge on any atom is -0.395 e. The van der Waals surface area contributed by atoms with E-state index in [2.05, 4.69) is 32.1 Å². The number of hydrogen-bond acceptors (Lipinski definition) is 6. The Labute approximate surface area is 200 Å². The molecule has 0 unspecified atom stereocenters. The van der Waals surface area contributed by atoms with Crippen LogP contribution in [0.1, 0.15) is 39.2 Å². The first-order valence-corrected chi connectivity index (χ1v) is 12.2. The second kappa shape index (κ2) is 10.8. The quantitative estimate of drug-likeness (QED) is 0.433. The first-order valence-electron chi connectivity index (χ1n) is 11.0. The predicted octanol–water partition coefficient (Wildman–Crippen LogP) is 4.37. The van der Waals surface area contributed by atoms with E-state index in [9.17, 15) is 15.0 Å². The fourth-order valence-electron chi connectivity index (χ4n) is 4.19. The number of allylic oxidation sites excluding steroid dienone is 4. The maximum atomic E-state index is 12.8. The van der Waals surface area contributed by atoms with Gasteiger partial charge in [0, 0.05) is 25.3 Å². The van der Waals surface area contributed by atoms with Gasteiger partial charge in [-0.3, -0.25) is 9.69 Å². The number of amides is 1. The minimum atomic E-state index is 0.0284. The van der Waals surface area contributed by atoms with E-state index >= 15 is 0 Å². The third-order valence-corrected chi connectivity index (χ3v) is 7.16. The van der Waals surface area contributed by atoms with Crippen molar-refractivity contribution < 1.29 is 15.0 Å². The van der Waals surface area contributed by atoms with Gasteiger partial charge in [0.2, 0.25) is 0 Å². The maximum Gasteiger partial charge on any atom is 0.266 e. The molecule has 7 heteroatoms. The molecule has 1 amide bonds. The topological polar surface area (TPSA) is 64.0 Å². The molecule has 0 bridgehead atoms. The highest BCUT2D eigenvalue weighted by Gasteiger charge is 2.35. The lowest BCUT2D eigenvalue weighted by molar-refractivity contribution is -0.122. The summed E-state index contributed by atoms with van der Waals surface area (Å²) in [5.41, 5.74) is 4.39. The fourth-order valence-corrected chi connectivity index (χ4v) is 5.61. The van der Waals surface area contributed by atoms with Crippen LogP contribution in [-0.4, -0.2) is 58.2 Å². The highest BCUT2D eigenvalue weighted by Crippen LogP contribution is 2.44. The molecule has 1 fully saturated rings. The Hall–Kier alpha value is -1.93. The number of thioether (sulfide) groups is 1. The number of aliphatic hydroxyl groups excluding tert-OH is 2. The summed E-state index contributed by atoms with van der Waals surface area (Å²) in [4.78, 5) is 17.2. The van der Waals surface area contributed by atoms with E-state index in [1.54, 1.807) is 4.90 Å². The van der Waals surface area contributed by atoms with Gasteiger partial charge in [0.25, 0.3) is 5.91 Å². The molecule has 32 heavy (non-hydrogen) atoms. The van der Waals surface area contributed by atoms with Gasteiger partial charge in [-0.05, 0) is 54.0 Å². The van der Waals surface area contributed by atoms with E-state index in [1.165, 1.54) is 17.3 Å². The number of carbonyl (C=O) groups excluding carboxylic acids is 1. The Morgan fingerprint density at radius 3 is 2.34 bits per heavy atom. The third-order valence-electron chi connectivity index (χ3n) is 5.66. The van der Waals surface area contributed by atoms with Gasteiger partial charge in [-0.15, -0.1) is 0 Å². The van der Waals surface area contributed by atoms with Crippen molar-refractivity contribution in [3.63, 3.8) is 0 Å². The Kier molecular flexibility index (Phi) is 8.33. The number of nitrogens with zero attached hydrogens (tertiary/aromatic N) is 2. The van der Waals surface area contributed by atoms with Gasteiger partial charge in [-0.1, -0.05) is 68.2 Å². The summed E-state index contributed by atoms with van der Waals surface area (Å²) in [5, 5.41) is 18.5. The zero-order valence-corrected chi connectivity index (χ0v) is 20.6. The van der Waals surface area contributed by atoms with Crippen molar-refractivity contribution in [1.82, 2.24) is 4.90 Å². The minimum absolute atomic E-state index is 0.0284. The number of thiocarbonyl (C=S) groups is 1. The first-order chi connectivity index (χ1) is 15.3. The summed E-state index contributed by atoms with van der Waals surface area (Å²) in [7, 11) is 0. The molecule has 0 atom stereocenters. The molecule has 5 nitrogen and oxygen atoms in total. The molecule has 1 aromatic rings. The van der Waals surface area contributed by atoms with Crippen LogP contribution in [0.2, 0.25) is 0 Å². The lowest BCUT2D eigenvalue weighted by atomic mass is 9.75. The Balaban J connectivity index is 1.82. The van der Waals surface area contributed by atoms with E-state index < -0.39 is 0 Å². The normalized spacial score (nSPS) is 20.9. The van der Waals surface area contributed by atoms with Crippen molar-refractivity contribution in [3.8, 4) is 0 Å². The first kappa shape index (κ1) is 24.7. The van der Waals surface area contributed by atoms with Crippen molar-refractivity contribution in [1.29, 1.82) is 0 Å². The third kappa shape index (κ3) is 5.90. The molecule has 2 N–H and O–H groups in total. The Morgan fingerprint density at radius 1 is 1.12 bits per heavy atom. The smallest absolute Gasteiger partial charge is 0.266 e. The number of hydrogen-bond donors (Lipinski definition) is 2. The number of anilines is 1. The molecule has 1 heterocycles. The van der Waals surface area contributed by atoms with Crippen molar-refractivity contribution >= 4 is 46.0 Å². The fraction of sp³-hybridized carbons (Fsp3) is 0.440. The van der Waals surface area contributed by atoms with Crippen molar-refractivity contribution in [3.05, 3.63) is 58.0 Å². The second-order valence-electron chi connectivity index (χ2n) is 8.87. The summed E-state index contributed by atoms with van der Waals surface area (Å²) in [5.74, 6) is 0.0284. The Bertz CT molecular complexity index is 942. The van der Waals surface area contributed by atoms with E-state index in [1.807, 2.05) is 36.1 Å². The zero-order valence-electron chi connectivity index (χ0n) is 19.0. The molecule has 172 valence electrons. The van der Waals surface area contributed by atoms with Crippen LogP contribution < -0.4 is 4.90 Å². The summed E-state index contributed by atoms with van der Waals surface area (Å²) in [6.07, 6.45) is 8.19. The van der Waals surface area contributed by atoms with Crippen LogP contribution in [0.15, 0.2) is 52.5 Å². The molecule has 3 rings (SSSR count). The summed E-state index contributed by atoms with van der Waals surface area (Å²) >= 11 is 6.82. The van der Waals surface area contributed by atoms with E-state index in [0.717, 1.165) is 34.6 Å². The SMILES string of the molecule is CCN1C(=O)/C(=C2C=C(/C=C/c3ccc(N(CCO)CCO)cc3)CC(C)(C)C\2)SC1=S.